The van der Waals surface area contributed by atoms with Crippen molar-refractivity contribution in [2.45, 2.75) is 39.2 Å². The number of carbonyl (C=O) groups is 1. The van der Waals surface area contributed by atoms with Gasteiger partial charge >= 0.3 is 5.97 Å². The maximum Gasteiger partial charge on any atom is 0.307 e. The molecule has 1 saturated heterocycles. The summed E-state index contributed by atoms with van der Waals surface area (Å²) in [7, 11) is 0. The minimum atomic E-state index is -0.0528. The lowest BCUT2D eigenvalue weighted by Gasteiger charge is -2.22. The van der Waals surface area contributed by atoms with E-state index in [4.69, 9.17) is 4.74 Å². The van der Waals surface area contributed by atoms with Crippen LogP contribution in [0.25, 0.3) is 0 Å². The van der Waals surface area contributed by atoms with Crippen molar-refractivity contribution in [2.75, 3.05) is 24.7 Å². The van der Waals surface area contributed by atoms with E-state index in [1.54, 1.807) is 0 Å². The Kier molecular flexibility index (Phi) is 6.88. The molecule has 1 rings (SSSR count). The third-order valence-corrected chi connectivity index (χ3v) is 3.85. The van der Waals surface area contributed by atoms with Gasteiger partial charge in [0.25, 0.3) is 0 Å². The zero-order valence-electron chi connectivity index (χ0n) is 10.3. The van der Waals surface area contributed by atoms with E-state index in [-0.39, 0.29) is 5.97 Å². The molecule has 1 heterocycles. The summed E-state index contributed by atoms with van der Waals surface area (Å²) in [6, 6.07) is 0.313. The van der Waals surface area contributed by atoms with Gasteiger partial charge in [-0.2, -0.15) is 11.8 Å². The van der Waals surface area contributed by atoms with E-state index in [1.807, 2.05) is 11.8 Å². The number of hydrogen-bond acceptors (Lipinski definition) is 4. The van der Waals surface area contributed by atoms with Crippen LogP contribution in [0.4, 0.5) is 0 Å². The lowest BCUT2D eigenvalue weighted by molar-refractivity contribution is -0.145. The number of hydrogen-bond donors (Lipinski definition) is 1. The average molecular weight is 245 g/mol. The van der Waals surface area contributed by atoms with Crippen LogP contribution in [-0.4, -0.2) is 36.7 Å². The molecule has 3 nitrogen and oxygen atoms in total. The van der Waals surface area contributed by atoms with E-state index in [0.717, 1.165) is 30.9 Å². The lowest BCUT2D eigenvalue weighted by Crippen LogP contribution is -2.39. The van der Waals surface area contributed by atoms with Crippen molar-refractivity contribution >= 4 is 17.7 Å². The van der Waals surface area contributed by atoms with E-state index in [0.29, 0.717) is 25.0 Å². The first-order valence-corrected chi connectivity index (χ1v) is 7.34. The molecule has 1 fully saturated rings. The van der Waals surface area contributed by atoms with Crippen LogP contribution in [0, 0.1) is 5.92 Å². The molecule has 1 aliphatic heterocycles. The van der Waals surface area contributed by atoms with Crippen LogP contribution in [0.1, 0.15) is 33.1 Å². The van der Waals surface area contributed by atoms with Gasteiger partial charge < -0.3 is 10.1 Å². The van der Waals surface area contributed by atoms with Gasteiger partial charge in [-0.25, -0.2) is 0 Å². The molecule has 0 saturated carbocycles. The van der Waals surface area contributed by atoms with E-state index < -0.39 is 0 Å². The number of nitrogens with one attached hydrogen (secondary N) is 1. The van der Waals surface area contributed by atoms with Crippen molar-refractivity contribution in [1.29, 1.82) is 0 Å². The zero-order valence-corrected chi connectivity index (χ0v) is 11.1. The summed E-state index contributed by atoms with van der Waals surface area (Å²) in [5.74, 6) is 2.61. The van der Waals surface area contributed by atoms with Gasteiger partial charge in [0.15, 0.2) is 0 Å². The molecule has 2 atom stereocenters. The fourth-order valence-corrected chi connectivity index (χ4v) is 2.77. The highest BCUT2D eigenvalue weighted by Gasteiger charge is 2.17. The summed E-state index contributed by atoms with van der Waals surface area (Å²) in [4.78, 5) is 11.5. The van der Waals surface area contributed by atoms with Crippen LogP contribution >= 0.6 is 11.8 Å². The quantitative estimate of drug-likeness (QED) is 0.727. The topological polar surface area (TPSA) is 38.3 Å². The van der Waals surface area contributed by atoms with Gasteiger partial charge in [0.2, 0.25) is 0 Å². The maximum atomic E-state index is 11.5. The summed E-state index contributed by atoms with van der Waals surface area (Å²) in [6.07, 6.45) is 2.80. The number of thioether (sulfide) groups is 1. The van der Waals surface area contributed by atoms with Crippen LogP contribution in [0.2, 0.25) is 0 Å². The maximum absolute atomic E-state index is 11.5. The molecule has 0 radical (unpaired) electrons. The molecule has 1 aliphatic rings. The largest absolute Gasteiger partial charge is 0.465 e. The van der Waals surface area contributed by atoms with Crippen molar-refractivity contribution in [3.8, 4) is 0 Å². The highest BCUT2D eigenvalue weighted by atomic mass is 32.2. The molecule has 0 amide bonds. The van der Waals surface area contributed by atoms with Crippen LogP contribution in [0.3, 0.4) is 0 Å². The Labute approximate surface area is 103 Å². The molecule has 16 heavy (non-hydrogen) atoms. The van der Waals surface area contributed by atoms with Crippen molar-refractivity contribution in [2.24, 2.45) is 5.92 Å². The van der Waals surface area contributed by atoms with E-state index >= 15 is 0 Å². The first-order valence-electron chi connectivity index (χ1n) is 6.19. The van der Waals surface area contributed by atoms with Crippen LogP contribution in [0.5, 0.6) is 0 Å². The third-order valence-electron chi connectivity index (χ3n) is 2.72. The molecule has 94 valence electrons. The SMILES string of the molecule is CCCC(C)COC(=O)CC1CSCCN1. The normalized spacial score (nSPS) is 22.8. The van der Waals surface area contributed by atoms with E-state index in [9.17, 15) is 4.79 Å². The predicted molar refractivity (Wildman–Crippen MR) is 68.8 cm³/mol. The second-order valence-corrected chi connectivity index (χ2v) is 5.66. The van der Waals surface area contributed by atoms with Crippen LogP contribution < -0.4 is 5.32 Å². The van der Waals surface area contributed by atoms with Gasteiger partial charge in [0.1, 0.15) is 0 Å². The molecule has 0 aromatic heterocycles. The van der Waals surface area contributed by atoms with Gasteiger partial charge in [0.05, 0.1) is 13.0 Å². The monoisotopic (exact) mass is 245 g/mol. The van der Waals surface area contributed by atoms with Crippen molar-refractivity contribution in [1.82, 2.24) is 5.32 Å². The molecule has 2 unspecified atom stereocenters. The molecule has 0 aromatic carbocycles. The summed E-state index contributed by atoms with van der Waals surface area (Å²) in [6.45, 7) is 5.87. The smallest absolute Gasteiger partial charge is 0.307 e. The molecule has 0 aromatic rings. The first-order chi connectivity index (χ1) is 7.72. The Bertz CT molecular complexity index is 205. The van der Waals surface area contributed by atoms with Gasteiger partial charge in [0, 0.05) is 24.1 Å². The van der Waals surface area contributed by atoms with Crippen molar-refractivity contribution < 1.29 is 9.53 Å². The van der Waals surface area contributed by atoms with E-state index in [2.05, 4.69) is 19.2 Å². The molecule has 0 bridgehead atoms. The number of rotatable bonds is 6. The average Bonchev–Trinajstić information content (AvgIpc) is 2.28. The highest BCUT2D eigenvalue weighted by Crippen LogP contribution is 2.11. The molecular formula is C12H23NO2S. The number of ether oxygens (including phenoxy) is 1. The van der Waals surface area contributed by atoms with Crippen molar-refractivity contribution in [3.63, 3.8) is 0 Å². The molecule has 4 heteroatoms. The Balaban J connectivity index is 2.10. The standard InChI is InChI=1S/C12H23NO2S/c1-3-4-10(2)8-15-12(14)7-11-9-16-6-5-13-11/h10-11,13H,3-9H2,1-2H3. The second-order valence-electron chi connectivity index (χ2n) is 4.51. The zero-order chi connectivity index (χ0) is 11.8. The summed E-state index contributed by atoms with van der Waals surface area (Å²) < 4.78 is 5.27. The van der Waals surface area contributed by atoms with Crippen LogP contribution in [0.15, 0.2) is 0 Å². The molecule has 0 spiro atoms. The fourth-order valence-electron chi connectivity index (χ4n) is 1.82. The summed E-state index contributed by atoms with van der Waals surface area (Å²) >= 11 is 1.91. The number of esters is 1. The molecule has 1 N–H and O–H groups in total. The number of carbonyl (C=O) groups excluding carboxylic acids is 1. The highest BCUT2D eigenvalue weighted by molar-refractivity contribution is 7.99. The predicted octanol–water partition coefficient (Wildman–Crippen LogP) is 2.06. The second kappa shape index (κ2) is 7.96. The van der Waals surface area contributed by atoms with Gasteiger partial charge in [-0.15, -0.1) is 0 Å². The summed E-state index contributed by atoms with van der Waals surface area (Å²) in [5.41, 5.74) is 0. The lowest BCUT2D eigenvalue weighted by atomic mass is 10.1. The van der Waals surface area contributed by atoms with E-state index in [1.165, 1.54) is 0 Å². The summed E-state index contributed by atoms with van der Waals surface area (Å²) in [5, 5.41) is 3.34. The minimum absolute atomic E-state index is 0.0528. The Morgan fingerprint density at radius 3 is 3.06 bits per heavy atom. The molecular weight excluding hydrogens is 222 g/mol. The Morgan fingerprint density at radius 1 is 1.62 bits per heavy atom. The van der Waals surface area contributed by atoms with Gasteiger partial charge in [-0.05, 0) is 12.3 Å². The fraction of sp³-hybridized carbons (Fsp3) is 0.917. The third kappa shape index (κ3) is 5.75. The van der Waals surface area contributed by atoms with Gasteiger partial charge in [-0.3, -0.25) is 4.79 Å². The Morgan fingerprint density at radius 2 is 2.44 bits per heavy atom. The minimum Gasteiger partial charge on any atom is -0.465 e. The van der Waals surface area contributed by atoms with Gasteiger partial charge in [-0.1, -0.05) is 20.3 Å². The van der Waals surface area contributed by atoms with Crippen LogP contribution in [-0.2, 0) is 9.53 Å². The van der Waals surface area contributed by atoms with Crippen molar-refractivity contribution in [3.05, 3.63) is 0 Å². The first kappa shape index (κ1) is 13.8. The molecule has 0 aliphatic carbocycles. The Hall–Kier alpha value is -0.220.